The highest BCUT2D eigenvalue weighted by Gasteiger charge is 2.15. The van der Waals surface area contributed by atoms with Crippen molar-refractivity contribution in [1.82, 2.24) is 5.32 Å². The Morgan fingerprint density at radius 1 is 1.20 bits per heavy atom. The lowest BCUT2D eigenvalue weighted by atomic mass is 10.1. The van der Waals surface area contributed by atoms with Gasteiger partial charge in [-0.3, -0.25) is 4.79 Å². The Labute approximate surface area is 132 Å². The molecule has 20 heavy (non-hydrogen) atoms. The Morgan fingerprint density at radius 2 is 1.85 bits per heavy atom. The third-order valence-corrected chi connectivity index (χ3v) is 4.42. The lowest BCUT2D eigenvalue weighted by Crippen LogP contribution is -2.26. The smallest absolute Gasteiger partial charge is 0.253 e. The van der Waals surface area contributed by atoms with Gasteiger partial charge in [0.05, 0.1) is 16.6 Å². The molecule has 0 aliphatic rings. The van der Waals surface area contributed by atoms with E-state index in [0.29, 0.717) is 10.6 Å². The summed E-state index contributed by atoms with van der Waals surface area (Å²) in [5, 5.41) is 3.39. The Kier molecular flexibility index (Phi) is 4.84. The van der Waals surface area contributed by atoms with Crippen molar-refractivity contribution in [2.45, 2.75) is 19.9 Å². The van der Waals surface area contributed by atoms with Crippen molar-refractivity contribution in [2.75, 3.05) is 0 Å². The highest BCUT2D eigenvalue weighted by Crippen LogP contribution is 2.26. The van der Waals surface area contributed by atoms with Crippen molar-refractivity contribution in [3.05, 3.63) is 68.7 Å². The standard InChI is InChI=1S/C16H15BrClNO/c1-10-6-8-12(9-7-10)11(2)19-16(20)13-4-3-5-14(17)15(13)18/h3-9,11H,1-2H3,(H,19,20). The summed E-state index contributed by atoms with van der Waals surface area (Å²) in [7, 11) is 0. The second kappa shape index (κ2) is 6.42. The molecular formula is C16H15BrClNO. The van der Waals surface area contributed by atoms with Gasteiger partial charge >= 0.3 is 0 Å². The monoisotopic (exact) mass is 351 g/mol. The quantitative estimate of drug-likeness (QED) is 0.836. The number of aryl methyl sites for hydroxylation is 1. The number of carbonyl (C=O) groups excluding carboxylic acids is 1. The Hall–Kier alpha value is -1.32. The van der Waals surface area contributed by atoms with Gasteiger partial charge in [0.1, 0.15) is 0 Å². The van der Waals surface area contributed by atoms with E-state index < -0.39 is 0 Å². The fourth-order valence-corrected chi connectivity index (χ4v) is 2.47. The molecule has 0 radical (unpaired) electrons. The molecule has 0 heterocycles. The van der Waals surface area contributed by atoms with Crippen LogP contribution < -0.4 is 5.32 Å². The Morgan fingerprint density at radius 3 is 2.50 bits per heavy atom. The van der Waals surface area contributed by atoms with E-state index in [0.717, 1.165) is 10.0 Å². The molecule has 1 atom stereocenters. The van der Waals surface area contributed by atoms with Crippen LogP contribution in [0.5, 0.6) is 0 Å². The van der Waals surface area contributed by atoms with Crippen molar-refractivity contribution in [3.63, 3.8) is 0 Å². The first-order valence-electron chi connectivity index (χ1n) is 6.30. The van der Waals surface area contributed by atoms with Crippen LogP contribution in [-0.2, 0) is 0 Å². The summed E-state index contributed by atoms with van der Waals surface area (Å²) in [5.74, 6) is -0.177. The molecule has 2 aromatic carbocycles. The van der Waals surface area contributed by atoms with Crippen LogP contribution in [0.4, 0.5) is 0 Å². The number of benzene rings is 2. The Bertz CT molecular complexity index is 625. The lowest BCUT2D eigenvalue weighted by molar-refractivity contribution is 0.0940. The van der Waals surface area contributed by atoms with E-state index >= 15 is 0 Å². The van der Waals surface area contributed by atoms with Crippen LogP contribution in [0.1, 0.15) is 34.5 Å². The number of hydrogen-bond acceptors (Lipinski definition) is 1. The van der Waals surface area contributed by atoms with Crippen molar-refractivity contribution in [1.29, 1.82) is 0 Å². The topological polar surface area (TPSA) is 29.1 Å². The van der Waals surface area contributed by atoms with Gasteiger partial charge in [0.15, 0.2) is 0 Å². The normalized spacial score (nSPS) is 12.0. The van der Waals surface area contributed by atoms with Crippen LogP contribution in [0.25, 0.3) is 0 Å². The summed E-state index contributed by atoms with van der Waals surface area (Å²) in [6, 6.07) is 13.3. The average molecular weight is 353 g/mol. The molecule has 1 N–H and O–H groups in total. The van der Waals surface area contributed by atoms with E-state index in [1.807, 2.05) is 44.2 Å². The van der Waals surface area contributed by atoms with E-state index in [1.54, 1.807) is 12.1 Å². The number of amides is 1. The largest absolute Gasteiger partial charge is 0.345 e. The zero-order valence-corrected chi connectivity index (χ0v) is 13.6. The summed E-state index contributed by atoms with van der Waals surface area (Å²) in [6.07, 6.45) is 0. The van der Waals surface area contributed by atoms with Crippen molar-refractivity contribution >= 4 is 33.4 Å². The molecule has 104 valence electrons. The van der Waals surface area contributed by atoms with Gasteiger partial charge < -0.3 is 5.32 Å². The van der Waals surface area contributed by atoms with Crippen LogP contribution in [0.2, 0.25) is 5.02 Å². The molecular weight excluding hydrogens is 338 g/mol. The maximum Gasteiger partial charge on any atom is 0.253 e. The SMILES string of the molecule is Cc1ccc(C(C)NC(=O)c2cccc(Br)c2Cl)cc1. The second-order valence-corrected chi connectivity index (χ2v) is 5.94. The summed E-state index contributed by atoms with van der Waals surface area (Å²) in [4.78, 5) is 12.3. The second-order valence-electron chi connectivity index (χ2n) is 4.71. The number of hydrogen-bond donors (Lipinski definition) is 1. The zero-order valence-electron chi connectivity index (χ0n) is 11.3. The van der Waals surface area contributed by atoms with Crippen LogP contribution in [0.15, 0.2) is 46.9 Å². The highest BCUT2D eigenvalue weighted by atomic mass is 79.9. The molecule has 1 amide bonds. The molecule has 0 fully saturated rings. The number of halogens is 2. The van der Waals surface area contributed by atoms with Gasteiger partial charge in [-0.2, -0.15) is 0 Å². The highest BCUT2D eigenvalue weighted by molar-refractivity contribution is 9.10. The third kappa shape index (κ3) is 3.41. The fourth-order valence-electron chi connectivity index (χ4n) is 1.89. The predicted molar refractivity (Wildman–Crippen MR) is 86.2 cm³/mol. The summed E-state index contributed by atoms with van der Waals surface area (Å²) in [5.41, 5.74) is 2.73. The first kappa shape index (κ1) is 15.1. The lowest BCUT2D eigenvalue weighted by Gasteiger charge is -2.15. The number of rotatable bonds is 3. The van der Waals surface area contributed by atoms with Gasteiger partial charge in [0, 0.05) is 4.47 Å². The van der Waals surface area contributed by atoms with Gasteiger partial charge in [-0.1, -0.05) is 47.5 Å². The molecule has 0 aliphatic carbocycles. The van der Waals surface area contributed by atoms with Gasteiger partial charge in [-0.05, 0) is 47.5 Å². The molecule has 2 aromatic rings. The van der Waals surface area contributed by atoms with Crippen molar-refractivity contribution in [3.8, 4) is 0 Å². The minimum Gasteiger partial charge on any atom is -0.345 e. The minimum atomic E-state index is -0.177. The van der Waals surface area contributed by atoms with Crippen LogP contribution in [0, 0.1) is 6.92 Å². The van der Waals surface area contributed by atoms with E-state index in [-0.39, 0.29) is 11.9 Å². The van der Waals surface area contributed by atoms with Crippen molar-refractivity contribution < 1.29 is 4.79 Å². The number of nitrogens with one attached hydrogen (secondary N) is 1. The summed E-state index contributed by atoms with van der Waals surface area (Å²) in [6.45, 7) is 3.99. The zero-order chi connectivity index (χ0) is 14.7. The van der Waals surface area contributed by atoms with Crippen molar-refractivity contribution in [2.24, 2.45) is 0 Å². The molecule has 2 nitrogen and oxygen atoms in total. The van der Waals surface area contributed by atoms with E-state index in [2.05, 4.69) is 21.2 Å². The maximum absolute atomic E-state index is 12.3. The molecule has 1 unspecified atom stereocenters. The fraction of sp³-hybridized carbons (Fsp3) is 0.188. The molecule has 0 aliphatic heterocycles. The average Bonchev–Trinajstić information content (AvgIpc) is 2.42. The first-order valence-corrected chi connectivity index (χ1v) is 7.47. The Balaban J connectivity index is 2.15. The minimum absolute atomic E-state index is 0.0712. The van der Waals surface area contributed by atoms with Crippen LogP contribution in [-0.4, -0.2) is 5.91 Å². The van der Waals surface area contributed by atoms with E-state index in [9.17, 15) is 4.79 Å². The summed E-state index contributed by atoms with van der Waals surface area (Å²) < 4.78 is 0.717. The molecule has 0 bridgehead atoms. The summed E-state index contributed by atoms with van der Waals surface area (Å²) >= 11 is 9.45. The van der Waals surface area contributed by atoms with Crippen LogP contribution >= 0.6 is 27.5 Å². The molecule has 0 spiro atoms. The molecule has 0 saturated carbocycles. The van der Waals surface area contributed by atoms with Gasteiger partial charge in [-0.25, -0.2) is 0 Å². The molecule has 0 aromatic heterocycles. The van der Waals surface area contributed by atoms with Gasteiger partial charge in [0.2, 0.25) is 0 Å². The van der Waals surface area contributed by atoms with E-state index in [4.69, 9.17) is 11.6 Å². The van der Waals surface area contributed by atoms with Gasteiger partial charge in [0.25, 0.3) is 5.91 Å². The number of carbonyl (C=O) groups is 1. The molecule has 2 rings (SSSR count). The molecule has 0 saturated heterocycles. The first-order chi connectivity index (χ1) is 9.49. The predicted octanol–water partition coefficient (Wildman–Crippen LogP) is 4.90. The molecule has 4 heteroatoms. The van der Waals surface area contributed by atoms with Crippen LogP contribution in [0.3, 0.4) is 0 Å². The maximum atomic E-state index is 12.3. The van der Waals surface area contributed by atoms with Gasteiger partial charge in [-0.15, -0.1) is 0 Å². The third-order valence-electron chi connectivity index (χ3n) is 3.12. The van der Waals surface area contributed by atoms with E-state index in [1.165, 1.54) is 5.56 Å².